The summed E-state index contributed by atoms with van der Waals surface area (Å²) >= 11 is 0. The molecule has 0 aromatic heterocycles. The van der Waals surface area contributed by atoms with Crippen LogP contribution in [0.1, 0.15) is 50.5 Å². The predicted octanol–water partition coefficient (Wildman–Crippen LogP) is 3.15. The number of rotatable bonds is 3. The molecule has 94 valence electrons. The first-order valence-corrected chi connectivity index (χ1v) is 6.14. The van der Waals surface area contributed by atoms with E-state index >= 15 is 0 Å². The van der Waals surface area contributed by atoms with Gasteiger partial charge in [0.05, 0.1) is 6.04 Å². The van der Waals surface area contributed by atoms with E-state index in [1.165, 1.54) is 5.56 Å². The van der Waals surface area contributed by atoms with Gasteiger partial charge in [0.25, 0.3) is 0 Å². The minimum Gasteiger partial charge on any atom is -0.321 e. The lowest BCUT2D eigenvalue weighted by molar-refractivity contribution is 0.0940. The van der Waals surface area contributed by atoms with Crippen LogP contribution in [0.3, 0.4) is 0 Å². The van der Waals surface area contributed by atoms with E-state index in [1.54, 1.807) is 0 Å². The summed E-state index contributed by atoms with van der Waals surface area (Å²) in [5.74, 6) is 0.199. The van der Waals surface area contributed by atoms with E-state index in [2.05, 4.69) is 20.8 Å². The van der Waals surface area contributed by atoms with Crippen molar-refractivity contribution in [3.63, 3.8) is 0 Å². The number of hydrogen-bond acceptors (Lipinski definition) is 2. The molecule has 0 aliphatic rings. The van der Waals surface area contributed by atoms with Crippen LogP contribution in [0.25, 0.3) is 0 Å². The molecule has 1 unspecified atom stereocenters. The summed E-state index contributed by atoms with van der Waals surface area (Å²) in [7, 11) is 0. The van der Waals surface area contributed by atoms with Crippen molar-refractivity contribution < 1.29 is 4.79 Å². The Labute approximate surface area is 104 Å². The lowest BCUT2D eigenvalue weighted by Gasteiger charge is -2.20. The molecule has 2 N–H and O–H groups in total. The van der Waals surface area contributed by atoms with Gasteiger partial charge in [0.2, 0.25) is 0 Å². The van der Waals surface area contributed by atoms with E-state index in [4.69, 9.17) is 5.73 Å². The lowest BCUT2D eigenvalue weighted by atomic mass is 9.86. The summed E-state index contributed by atoms with van der Waals surface area (Å²) in [6, 6.07) is 7.38. The fourth-order valence-corrected chi connectivity index (χ4v) is 1.63. The van der Waals surface area contributed by atoms with Crippen LogP contribution in [0, 0.1) is 5.92 Å². The van der Waals surface area contributed by atoms with Gasteiger partial charge in [-0.2, -0.15) is 0 Å². The van der Waals surface area contributed by atoms with Gasteiger partial charge in [-0.3, -0.25) is 4.79 Å². The van der Waals surface area contributed by atoms with Crippen molar-refractivity contribution in [3.05, 3.63) is 35.4 Å². The highest BCUT2D eigenvalue weighted by Gasteiger charge is 2.20. The number of nitrogens with two attached hydrogens (primary N) is 1. The van der Waals surface area contributed by atoms with Crippen molar-refractivity contribution in [1.82, 2.24) is 0 Å². The normalized spacial score (nSPS) is 13.8. The summed E-state index contributed by atoms with van der Waals surface area (Å²) < 4.78 is 0. The van der Waals surface area contributed by atoms with Crippen LogP contribution < -0.4 is 5.73 Å². The first-order chi connectivity index (χ1) is 7.73. The van der Waals surface area contributed by atoms with Crippen molar-refractivity contribution in [2.45, 2.75) is 46.1 Å². The van der Waals surface area contributed by atoms with Gasteiger partial charge in [0, 0.05) is 5.56 Å². The Kier molecular flexibility index (Phi) is 4.10. The molecule has 1 aromatic carbocycles. The Bertz CT molecular complexity index is 384. The van der Waals surface area contributed by atoms with Crippen LogP contribution in [-0.4, -0.2) is 11.8 Å². The number of hydrogen-bond donors (Lipinski definition) is 1. The van der Waals surface area contributed by atoms with Gasteiger partial charge in [-0.05, 0) is 16.9 Å². The fourth-order valence-electron chi connectivity index (χ4n) is 1.63. The average molecular weight is 233 g/mol. The van der Waals surface area contributed by atoms with E-state index < -0.39 is 6.04 Å². The number of Topliss-reactive ketones (excluding diaryl/α,β-unsaturated/α-hetero) is 1. The Balaban J connectivity index is 2.92. The molecule has 2 heteroatoms. The average Bonchev–Trinajstić information content (AvgIpc) is 2.26. The topological polar surface area (TPSA) is 43.1 Å². The minimum atomic E-state index is -0.407. The molecular formula is C15H23NO. The van der Waals surface area contributed by atoms with Crippen LogP contribution >= 0.6 is 0 Å². The standard InChI is InChI=1S/C15H23NO/c1-10(2)13(16)14(17)11-6-8-12(9-7-11)15(3,4)5/h6-10,13H,16H2,1-5H3. The molecule has 0 saturated carbocycles. The van der Waals surface area contributed by atoms with Crippen molar-refractivity contribution >= 4 is 5.78 Å². The Morgan fingerprint density at radius 1 is 1.12 bits per heavy atom. The lowest BCUT2D eigenvalue weighted by Crippen LogP contribution is -2.35. The van der Waals surface area contributed by atoms with Crippen LogP contribution in [0.4, 0.5) is 0 Å². The Morgan fingerprint density at radius 3 is 1.94 bits per heavy atom. The summed E-state index contributed by atoms with van der Waals surface area (Å²) in [6.45, 7) is 10.4. The SMILES string of the molecule is CC(C)C(N)C(=O)c1ccc(C(C)(C)C)cc1. The molecule has 2 nitrogen and oxygen atoms in total. The van der Waals surface area contributed by atoms with E-state index in [1.807, 2.05) is 38.1 Å². The number of ketones is 1. The third kappa shape index (κ3) is 3.40. The molecule has 0 aliphatic carbocycles. The Hall–Kier alpha value is -1.15. The second kappa shape index (κ2) is 5.01. The molecule has 0 spiro atoms. The molecule has 17 heavy (non-hydrogen) atoms. The van der Waals surface area contributed by atoms with Gasteiger partial charge >= 0.3 is 0 Å². The van der Waals surface area contributed by atoms with Gasteiger partial charge in [0.1, 0.15) is 0 Å². The summed E-state index contributed by atoms with van der Waals surface area (Å²) in [6.07, 6.45) is 0. The zero-order chi connectivity index (χ0) is 13.2. The maximum atomic E-state index is 12.0. The maximum absolute atomic E-state index is 12.0. The first kappa shape index (κ1) is 13.9. The summed E-state index contributed by atoms with van der Waals surface area (Å²) in [5.41, 5.74) is 7.92. The second-order valence-corrected chi connectivity index (χ2v) is 5.96. The molecule has 0 aliphatic heterocycles. The molecular weight excluding hydrogens is 210 g/mol. The zero-order valence-corrected chi connectivity index (χ0v) is 11.4. The van der Waals surface area contributed by atoms with Crippen LogP contribution in [0.5, 0.6) is 0 Å². The van der Waals surface area contributed by atoms with Crippen molar-refractivity contribution in [2.24, 2.45) is 11.7 Å². The van der Waals surface area contributed by atoms with Gasteiger partial charge in [-0.15, -0.1) is 0 Å². The third-order valence-electron chi connectivity index (χ3n) is 3.06. The molecule has 0 bridgehead atoms. The molecule has 0 radical (unpaired) electrons. The fraction of sp³-hybridized carbons (Fsp3) is 0.533. The zero-order valence-electron chi connectivity index (χ0n) is 11.4. The molecule has 0 amide bonds. The smallest absolute Gasteiger partial charge is 0.179 e. The first-order valence-electron chi connectivity index (χ1n) is 6.14. The second-order valence-electron chi connectivity index (χ2n) is 5.96. The monoisotopic (exact) mass is 233 g/mol. The van der Waals surface area contributed by atoms with Gasteiger partial charge in [0.15, 0.2) is 5.78 Å². The molecule has 1 aromatic rings. The largest absolute Gasteiger partial charge is 0.321 e. The number of carbonyl (C=O) groups is 1. The van der Waals surface area contributed by atoms with E-state index in [-0.39, 0.29) is 17.1 Å². The van der Waals surface area contributed by atoms with Crippen LogP contribution in [0.15, 0.2) is 24.3 Å². The summed E-state index contributed by atoms with van der Waals surface area (Å²) in [5, 5.41) is 0. The highest BCUT2D eigenvalue weighted by atomic mass is 16.1. The maximum Gasteiger partial charge on any atom is 0.179 e. The number of carbonyl (C=O) groups excluding carboxylic acids is 1. The van der Waals surface area contributed by atoms with Crippen LogP contribution in [-0.2, 0) is 5.41 Å². The highest BCUT2D eigenvalue weighted by molar-refractivity contribution is 6.00. The van der Waals surface area contributed by atoms with Crippen LogP contribution in [0.2, 0.25) is 0 Å². The van der Waals surface area contributed by atoms with Crippen molar-refractivity contribution in [1.29, 1.82) is 0 Å². The van der Waals surface area contributed by atoms with Crippen molar-refractivity contribution in [3.8, 4) is 0 Å². The molecule has 0 fully saturated rings. The minimum absolute atomic E-state index is 0.0282. The van der Waals surface area contributed by atoms with Gasteiger partial charge in [-0.1, -0.05) is 58.9 Å². The Morgan fingerprint density at radius 2 is 1.59 bits per heavy atom. The quantitative estimate of drug-likeness (QED) is 0.815. The highest BCUT2D eigenvalue weighted by Crippen LogP contribution is 2.22. The molecule has 1 atom stereocenters. The van der Waals surface area contributed by atoms with E-state index in [9.17, 15) is 4.79 Å². The molecule has 1 rings (SSSR count). The van der Waals surface area contributed by atoms with Gasteiger partial charge < -0.3 is 5.73 Å². The predicted molar refractivity (Wildman–Crippen MR) is 72.3 cm³/mol. The molecule has 0 saturated heterocycles. The molecule has 0 heterocycles. The van der Waals surface area contributed by atoms with E-state index in [0.717, 1.165) is 0 Å². The summed E-state index contributed by atoms with van der Waals surface area (Å²) in [4.78, 5) is 12.0. The van der Waals surface area contributed by atoms with E-state index in [0.29, 0.717) is 5.56 Å². The third-order valence-corrected chi connectivity index (χ3v) is 3.06. The van der Waals surface area contributed by atoms with Crippen molar-refractivity contribution in [2.75, 3.05) is 0 Å². The van der Waals surface area contributed by atoms with Gasteiger partial charge in [-0.25, -0.2) is 0 Å². The number of benzene rings is 1.